The maximum absolute atomic E-state index is 12.2. The molecule has 0 spiro atoms. The first-order valence-corrected chi connectivity index (χ1v) is 9.95. The molecule has 10 heteroatoms. The van der Waals surface area contributed by atoms with Crippen LogP contribution in [0.4, 0.5) is 10.8 Å². The second kappa shape index (κ2) is 8.41. The van der Waals surface area contributed by atoms with Crippen LogP contribution in [0.25, 0.3) is 11.3 Å². The highest BCUT2D eigenvalue weighted by atomic mass is 32.1. The number of ether oxygens (including phenoxy) is 1. The molecular formula is C19H19N5O4S. The number of aromatic nitrogens is 3. The Morgan fingerprint density at radius 2 is 1.93 bits per heavy atom. The lowest BCUT2D eigenvalue weighted by Gasteiger charge is -2.26. The number of carbonyl (C=O) groups excluding carboxylic acids is 1. The molecule has 1 amide bonds. The summed E-state index contributed by atoms with van der Waals surface area (Å²) in [5, 5.41) is 5.73. The largest absolute Gasteiger partial charge is 0.378 e. The number of nitrogens with zero attached hydrogens (tertiary/aromatic N) is 3. The van der Waals surface area contributed by atoms with Crippen molar-refractivity contribution in [2.24, 2.45) is 0 Å². The molecule has 1 aromatic carbocycles. The lowest BCUT2D eigenvalue weighted by atomic mass is 10.1. The number of hydrogen-bond donors (Lipinski definition) is 2. The minimum atomic E-state index is -0.623. The molecule has 1 aliphatic rings. The molecule has 2 aromatic heterocycles. The minimum absolute atomic E-state index is 0.188. The molecule has 150 valence electrons. The number of morpholine rings is 1. The smallest absolute Gasteiger partial charge is 0.328 e. The van der Waals surface area contributed by atoms with Gasteiger partial charge in [-0.15, -0.1) is 11.3 Å². The van der Waals surface area contributed by atoms with E-state index in [0.29, 0.717) is 18.9 Å². The van der Waals surface area contributed by atoms with E-state index < -0.39 is 11.2 Å². The number of H-pyrrole nitrogens is 1. The topological polar surface area (TPSA) is 109 Å². The maximum atomic E-state index is 12.2. The third-order valence-electron chi connectivity index (χ3n) is 4.45. The summed E-state index contributed by atoms with van der Waals surface area (Å²) in [6, 6.07) is 8.55. The molecule has 0 unspecified atom stereocenters. The molecular weight excluding hydrogens is 394 g/mol. The molecule has 0 aliphatic carbocycles. The average molecular weight is 413 g/mol. The van der Waals surface area contributed by atoms with Gasteiger partial charge in [-0.3, -0.25) is 19.1 Å². The summed E-state index contributed by atoms with van der Waals surface area (Å²) in [5.74, 6) is -0.366. The van der Waals surface area contributed by atoms with E-state index in [1.807, 2.05) is 17.5 Å². The van der Waals surface area contributed by atoms with E-state index in [1.54, 1.807) is 23.5 Å². The van der Waals surface area contributed by atoms with Gasteiger partial charge in [0.25, 0.3) is 5.56 Å². The minimum Gasteiger partial charge on any atom is -0.378 e. The number of amides is 1. The van der Waals surface area contributed by atoms with E-state index in [2.05, 4.69) is 15.2 Å². The van der Waals surface area contributed by atoms with Crippen molar-refractivity contribution in [3.63, 3.8) is 0 Å². The number of aromatic amines is 1. The molecule has 3 aromatic rings. The Morgan fingerprint density at radius 1 is 1.17 bits per heavy atom. The van der Waals surface area contributed by atoms with Crippen LogP contribution in [-0.4, -0.2) is 46.7 Å². The summed E-state index contributed by atoms with van der Waals surface area (Å²) in [4.78, 5) is 43.9. The predicted molar refractivity (Wildman–Crippen MR) is 111 cm³/mol. The van der Waals surface area contributed by atoms with E-state index in [0.717, 1.165) is 34.0 Å². The summed E-state index contributed by atoms with van der Waals surface area (Å²) in [7, 11) is 0. The van der Waals surface area contributed by atoms with Gasteiger partial charge >= 0.3 is 5.69 Å². The Bertz CT molecular complexity index is 1110. The van der Waals surface area contributed by atoms with Crippen LogP contribution >= 0.6 is 11.3 Å². The van der Waals surface area contributed by atoms with Crippen molar-refractivity contribution < 1.29 is 9.53 Å². The Kier molecular flexibility index (Phi) is 5.54. The Hall–Kier alpha value is -3.24. The Morgan fingerprint density at radius 3 is 2.66 bits per heavy atom. The Balaban J connectivity index is 1.40. The SMILES string of the molecule is O=C(Cn1ccc(=O)[nH]c1=O)Nc1ccc(-c2csc(N3CCOCC3)n2)cc1. The zero-order valence-electron chi connectivity index (χ0n) is 15.5. The second-order valence-electron chi connectivity index (χ2n) is 6.48. The van der Waals surface area contributed by atoms with Gasteiger partial charge in [0.05, 0.1) is 18.9 Å². The molecule has 9 nitrogen and oxygen atoms in total. The van der Waals surface area contributed by atoms with Crippen LogP contribution in [-0.2, 0) is 16.1 Å². The quantitative estimate of drug-likeness (QED) is 0.649. The van der Waals surface area contributed by atoms with Crippen molar-refractivity contribution >= 4 is 28.1 Å². The van der Waals surface area contributed by atoms with E-state index in [-0.39, 0.29) is 12.5 Å². The third-order valence-corrected chi connectivity index (χ3v) is 5.35. The van der Waals surface area contributed by atoms with E-state index in [9.17, 15) is 14.4 Å². The van der Waals surface area contributed by atoms with Crippen molar-refractivity contribution in [3.05, 3.63) is 62.7 Å². The van der Waals surface area contributed by atoms with Gasteiger partial charge in [0.2, 0.25) is 5.91 Å². The first kappa shape index (κ1) is 19.1. The van der Waals surface area contributed by atoms with Crippen LogP contribution in [0.1, 0.15) is 0 Å². The fourth-order valence-electron chi connectivity index (χ4n) is 2.95. The highest BCUT2D eigenvalue weighted by Gasteiger charge is 2.15. The van der Waals surface area contributed by atoms with Gasteiger partial charge in [-0.2, -0.15) is 0 Å². The number of benzene rings is 1. The highest BCUT2D eigenvalue weighted by molar-refractivity contribution is 7.14. The van der Waals surface area contributed by atoms with E-state index in [4.69, 9.17) is 9.72 Å². The van der Waals surface area contributed by atoms with Crippen LogP contribution < -0.4 is 21.5 Å². The molecule has 0 saturated carbocycles. The zero-order chi connectivity index (χ0) is 20.2. The second-order valence-corrected chi connectivity index (χ2v) is 7.31. The summed E-state index contributed by atoms with van der Waals surface area (Å²) in [6.45, 7) is 2.93. The molecule has 4 rings (SSSR count). The third kappa shape index (κ3) is 4.61. The van der Waals surface area contributed by atoms with Crippen LogP contribution in [0.2, 0.25) is 0 Å². The molecule has 1 saturated heterocycles. The predicted octanol–water partition coefficient (Wildman–Crippen LogP) is 1.14. The molecule has 1 fully saturated rings. The maximum Gasteiger partial charge on any atom is 0.328 e. The van der Waals surface area contributed by atoms with E-state index in [1.165, 1.54) is 12.3 Å². The van der Waals surface area contributed by atoms with Gasteiger partial charge in [-0.25, -0.2) is 9.78 Å². The van der Waals surface area contributed by atoms with Gasteiger partial charge in [-0.1, -0.05) is 12.1 Å². The summed E-state index contributed by atoms with van der Waals surface area (Å²) < 4.78 is 6.51. The van der Waals surface area contributed by atoms with Gasteiger partial charge in [0.1, 0.15) is 6.54 Å². The van der Waals surface area contributed by atoms with Crippen LogP contribution in [0.3, 0.4) is 0 Å². The van der Waals surface area contributed by atoms with E-state index >= 15 is 0 Å². The van der Waals surface area contributed by atoms with Crippen LogP contribution in [0, 0.1) is 0 Å². The zero-order valence-corrected chi connectivity index (χ0v) is 16.3. The lowest BCUT2D eigenvalue weighted by Crippen LogP contribution is -2.36. The first-order chi connectivity index (χ1) is 14.1. The fraction of sp³-hybridized carbons (Fsp3) is 0.263. The average Bonchev–Trinajstić information content (AvgIpc) is 3.22. The molecule has 2 N–H and O–H groups in total. The number of hydrogen-bond acceptors (Lipinski definition) is 7. The molecule has 0 bridgehead atoms. The van der Waals surface area contributed by atoms with Crippen LogP contribution in [0.5, 0.6) is 0 Å². The van der Waals surface area contributed by atoms with Crippen molar-refractivity contribution in [2.75, 3.05) is 36.5 Å². The summed E-state index contributed by atoms with van der Waals surface area (Å²) >= 11 is 1.60. The fourth-order valence-corrected chi connectivity index (χ4v) is 3.83. The number of rotatable bonds is 5. The van der Waals surface area contributed by atoms with Gasteiger partial charge in [0, 0.05) is 42.0 Å². The standard InChI is InChI=1S/C19H19N5O4S/c25-16-5-6-24(18(27)22-16)11-17(26)20-14-3-1-13(2-4-14)15-12-29-19(21-15)23-7-9-28-10-8-23/h1-6,12H,7-11H2,(H,20,26)(H,22,25,27). The summed E-state index contributed by atoms with van der Waals surface area (Å²) in [5.41, 5.74) is 1.33. The number of carbonyl (C=O) groups is 1. The van der Waals surface area contributed by atoms with Crippen molar-refractivity contribution in [1.82, 2.24) is 14.5 Å². The lowest BCUT2D eigenvalue weighted by molar-refractivity contribution is -0.116. The molecule has 0 radical (unpaired) electrons. The number of nitrogens with one attached hydrogen (secondary N) is 2. The van der Waals surface area contributed by atoms with Gasteiger partial charge < -0.3 is 15.0 Å². The van der Waals surface area contributed by atoms with Gasteiger partial charge in [0.15, 0.2) is 5.13 Å². The summed E-state index contributed by atoms with van der Waals surface area (Å²) in [6.07, 6.45) is 1.29. The molecule has 1 aliphatic heterocycles. The number of anilines is 2. The van der Waals surface area contributed by atoms with Crippen molar-refractivity contribution in [3.8, 4) is 11.3 Å². The Labute approximate surface area is 169 Å². The molecule has 3 heterocycles. The molecule has 29 heavy (non-hydrogen) atoms. The molecule has 0 atom stereocenters. The first-order valence-electron chi connectivity index (χ1n) is 9.07. The van der Waals surface area contributed by atoms with Crippen molar-refractivity contribution in [1.29, 1.82) is 0 Å². The normalized spacial score (nSPS) is 14.0. The monoisotopic (exact) mass is 413 g/mol. The highest BCUT2D eigenvalue weighted by Crippen LogP contribution is 2.28. The van der Waals surface area contributed by atoms with Gasteiger partial charge in [-0.05, 0) is 12.1 Å². The number of thiazole rings is 1. The van der Waals surface area contributed by atoms with Crippen molar-refractivity contribution in [2.45, 2.75) is 6.54 Å². The van der Waals surface area contributed by atoms with Crippen LogP contribution in [0.15, 0.2) is 51.5 Å².